The first kappa shape index (κ1) is 17.0. The Morgan fingerprint density at radius 1 is 1.00 bits per heavy atom. The molecule has 0 fully saturated rings. The maximum atomic E-state index is 12.1. The van der Waals surface area contributed by atoms with Gasteiger partial charge in [0.1, 0.15) is 0 Å². The molecule has 6 heteroatoms. The standard InChI is InChI=1S/C18H18N4O2/c1-22(13-5-12-19)17(23)14-8-10-16(11-9-14)21-18(24)20-15-6-3-2-4-7-15/h2-4,6-11H,5,13H2,1H3,(H2,20,21,24). The number of hydrogen-bond donors (Lipinski definition) is 2. The smallest absolute Gasteiger partial charge is 0.323 e. The molecule has 0 saturated carbocycles. The van der Waals surface area contributed by atoms with Gasteiger partial charge in [0.2, 0.25) is 0 Å². The van der Waals surface area contributed by atoms with E-state index in [0.717, 1.165) is 0 Å². The zero-order chi connectivity index (χ0) is 17.4. The highest BCUT2D eigenvalue weighted by Crippen LogP contribution is 2.12. The van der Waals surface area contributed by atoms with Crippen LogP contribution < -0.4 is 10.6 Å². The fraction of sp³-hybridized carbons (Fsp3) is 0.167. The van der Waals surface area contributed by atoms with Crippen LogP contribution >= 0.6 is 0 Å². The van der Waals surface area contributed by atoms with Crippen molar-refractivity contribution in [3.05, 3.63) is 60.2 Å². The van der Waals surface area contributed by atoms with E-state index in [1.165, 1.54) is 4.90 Å². The second-order valence-electron chi connectivity index (χ2n) is 5.16. The number of amides is 3. The molecule has 0 radical (unpaired) electrons. The lowest BCUT2D eigenvalue weighted by molar-refractivity contribution is 0.0798. The zero-order valence-corrected chi connectivity index (χ0v) is 13.3. The maximum Gasteiger partial charge on any atom is 0.323 e. The van der Waals surface area contributed by atoms with E-state index >= 15 is 0 Å². The van der Waals surface area contributed by atoms with Crippen molar-refractivity contribution >= 4 is 23.3 Å². The third-order valence-corrected chi connectivity index (χ3v) is 3.33. The molecule has 0 aliphatic carbocycles. The van der Waals surface area contributed by atoms with Crippen molar-refractivity contribution in [2.24, 2.45) is 0 Å². The van der Waals surface area contributed by atoms with Gasteiger partial charge in [-0.1, -0.05) is 18.2 Å². The fourth-order valence-electron chi connectivity index (χ4n) is 2.05. The predicted octanol–water partition coefficient (Wildman–Crippen LogP) is 3.32. The summed E-state index contributed by atoms with van der Waals surface area (Å²) < 4.78 is 0. The number of urea groups is 1. The van der Waals surface area contributed by atoms with Crippen LogP contribution in [0.5, 0.6) is 0 Å². The number of carbonyl (C=O) groups is 2. The van der Waals surface area contributed by atoms with Crippen LogP contribution in [0.25, 0.3) is 0 Å². The highest BCUT2D eigenvalue weighted by molar-refractivity contribution is 6.00. The molecule has 0 saturated heterocycles. The van der Waals surface area contributed by atoms with E-state index in [9.17, 15) is 9.59 Å². The Balaban J connectivity index is 1.93. The molecule has 3 amide bonds. The molecule has 0 atom stereocenters. The zero-order valence-electron chi connectivity index (χ0n) is 13.3. The van der Waals surface area contributed by atoms with Crippen molar-refractivity contribution in [3.63, 3.8) is 0 Å². The molecule has 122 valence electrons. The van der Waals surface area contributed by atoms with Crippen LogP contribution in [0.3, 0.4) is 0 Å². The summed E-state index contributed by atoms with van der Waals surface area (Å²) in [6.45, 7) is 0.384. The molecule has 2 aromatic rings. The minimum absolute atomic E-state index is 0.162. The Morgan fingerprint density at radius 2 is 1.58 bits per heavy atom. The average molecular weight is 322 g/mol. The number of rotatable bonds is 5. The molecule has 0 heterocycles. The maximum absolute atomic E-state index is 12.1. The molecule has 2 rings (SSSR count). The Labute approximate surface area is 140 Å². The van der Waals surface area contributed by atoms with Crippen molar-refractivity contribution in [1.82, 2.24) is 4.90 Å². The number of carbonyl (C=O) groups excluding carboxylic acids is 2. The molecule has 0 aliphatic rings. The topological polar surface area (TPSA) is 85.2 Å². The molecule has 0 unspecified atom stereocenters. The van der Waals surface area contributed by atoms with Gasteiger partial charge in [0.25, 0.3) is 5.91 Å². The first-order valence-electron chi connectivity index (χ1n) is 7.45. The summed E-state index contributed by atoms with van der Waals surface area (Å²) in [5.74, 6) is -0.162. The van der Waals surface area contributed by atoms with Crippen molar-refractivity contribution in [2.75, 3.05) is 24.2 Å². The lowest BCUT2D eigenvalue weighted by Crippen LogP contribution is -2.27. The van der Waals surface area contributed by atoms with Gasteiger partial charge in [-0.25, -0.2) is 4.79 Å². The summed E-state index contributed by atoms with van der Waals surface area (Å²) in [5.41, 5.74) is 1.78. The monoisotopic (exact) mass is 322 g/mol. The van der Waals surface area contributed by atoms with Gasteiger partial charge in [-0.05, 0) is 36.4 Å². The minimum Gasteiger partial charge on any atom is -0.341 e. The van der Waals surface area contributed by atoms with Crippen LogP contribution in [0.1, 0.15) is 16.8 Å². The minimum atomic E-state index is -0.355. The van der Waals surface area contributed by atoms with Crippen LogP contribution in [0.2, 0.25) is 0 Å². The quantitative estimate of drug-likeness (QED) is 0.885. The number of hydrogen-bond acceptors (Lipinski definition) is 3. The van der Waals surface area contributed by atoms with Gasteiger partial charge in [-0.2, -0.15) is 5.26 Å². The molecule has 2 N–H and O–H groups in total. The molecular formula is C18H18N4O2. The Hall–Kier alpha value is -3.33. The van der Waals surface area contributed by atoms with E-state index in [0.29, 0.717) is 29.9 Å². The van der Waals surface area contributed by atoms with Gasteiger partial charge in [0, 0.05) is 30.5 Å². The summed E-state index contributed by atoms with van der Waals surface area (Å²) in [6.07, 6.45) is 0.293. The lowest BCUT2D eigenvalue weighted by atomic mass is 10.2. The summed E-state index contributed by atoms with van der Waals surface area (Å²) in [6, 6.07) is 17.4. The summed E-state index contributed by atoms with van der Waals surface area (Å²) in [4.78, 5) is 25.5. The van der Waals surface area contributed by atoms with E-state index in [4.69, 9.17) is 5.26 Å². The van der Waals surface area contributed by atoms with Crippen molar-refractivity contribution in [1.29, 1.82) is 5.26 Å². The second-order valence-corrected chi connectivity index (χ2v) is 5.16. The number of para-hydroxylation sites is 1. The molecule has 24 heavy (non-hydrogen) atoms. The van der Waals surface area contributed by atoms with Gasteiger partial charge in [0.15, 0.2) is 0 Å². The largest absolute Gasteiger partial charge is 0.341 e. The van der Waals surface area contributed by atoms with E-state index < -0.39 is 0 Å². The summed E-state index contributed by atoms with van der Waals surface area (Å²) >= 11 is 0. The van der Waals surface area contributed by atoms with Crippen LogP contribution in [0.4, 0.5) is 16.2 Å². The third kappa shape index (κ3) is 4.85. The highest BCUT2D eigenvalue weighted by Gasteiger charge is 2.11. The number of benzene rings is 2. The van der Waals surface area contributed by atoms with E-state index in [1.807, 2.05) is 24.3 Å². The predicted molar refractivity (Wildman–Crippen MR) is 92.7 cm³/mol. The molecule has 0 spiro atoms. The van der Waals surface area contributed by atoms with E-state index in [2.05, 4.69) is 10.6 Å². The SMILES string of the molecule is CN(CCC#N)C(=O)c1ccc(NC(=O)Nc2ccccc2)cc1. The van der Waals surface area contributed by atoms with Gasteiger partial charge in [0.05, 0.1) is 12.5 Å². The number of anilines is 2. The summed E-state index contributed by atoms with van der Waals surface area (Å²) in [5, 5.41) is 14.0. The molecular weight excluding hydrogens is 304 g/mol. The first-order valence-corrected chi connectivity index (χ1v) is 7.45. The first-order chi connectivity index (χ1) is 11.6. The molecule has 2 aromatic carbocycles. The van der Waals surface area contributed by atoms with Crippen LogP contribution in [-0.2, 0) is 0 Å². The molecule has 0 aliphatic heterocycles. The highest BCUT2D eigenvalue weighted by atomic mass is 16.2. The van der Waals surface area contributed by atoms with Gasteiger partial charge >= 0.3 is 6.03 Å². The summed E-state index contributed by atoms with van der Waals surface area (Å²) in [7, 11) is 1.65. The van der Waals surface area contributed by atoms with Crippen molar-refractivity contribution < 1.29 is 9.59 Å². The number of nitriles is 1. The Morgan fingerprint density at radius 3 is 2.17 bits per heavy atom. The van der Waals surface area contributed by atoms with Crippen LogP contribution in [-0.4, -0.2) is 30.4 Å². The third-order valence-electron chi connectivity index (χ3n) is 3.33. The molecule has 0 aromatic heterocycles. The van der Waals surface area contributed by atoms with Gasteiger partial charge in [-0.3, -0.25) is 4.79 Å². The Bertz CT molecular complexity index is 736. The van der Waals surface area contributed by atoms with E-state index in [-0.39, 0.29) is 11.9 Å². The number of nitrogens with zero attached hydrogens (tertiary/aromatic N) is 2. The van der Waals surface area contributed by atoms with Gasteiger partial charge in [-0.15, -0.1) is 0 Å². The van der Waals surface area contributed by atoms with Gasteiger partial charge < -0.3 is 15.5 Å². The lowest BCUT2D eigenvalue weighted by Gasteiger charge is -2.15. The average Bonchev–Trinajstić information content (AvgIpc) is 2.60. The Kier molecular flexibility index (Phi) is 5.92. The number of nitrogens with one attached hydrogen (secondary N) is 2. The molecule has 6 nitrogen and oxygen atoms in total. The van der Waals surface area contributed by atoms with Crippen LogP contribution in [0, 0.1) is 11.3 Å². The van der Waals surface area contributed by atoms with E-state index in [1.54, 1.807) is 43.4 Å². The normalized spacial score (nSPS) is 9.67. The van der Waals surface area contributed by atoms with Crippen molar-refractivity contribution in [3.8, 4) is 6.07 Å². The fourth-order valence-corrected chi connectivity index (χ4v) is 2.05. The van der Waals surface area contributed by atoms with Crippen molar-refractivity contribution in [2.45, 2.75) is 6.42 Å². The molecule has 0 bridgehead atoms. The second kappa shape index (κ2) is 8.34. The van der Waals surface area contributed by atoms with Crippen LogP contribution in [0.15, 0.2) is 54.6 Å².